The number of thiophene rings is 1. The maximum absolute atomic E-state index is 12.7. The highest BCUT2D eigenvalue weighted by molar-refractivity contribution is 7.89. The molecule has 5 rings (SSSR count). The van der Waals surface area contributed by atoms with Crippen LogP contribution in [0.4, 0.5) is 0 Å². The number of sulfonamides is 1. The molecule has 0 saturated carbocycles. The fraction of sp³-hybridized carbons (Fsp3) is 0.350. The number of amides is 1. The minimum Gasteiger partial charge on any atom is -0.379 e. The van der Waals surface area contributed by atoms with Crippen molar-refractivity contribution < 1.29 is 22.5 Å². The van der Waals surface area contributed by atoms with Crippen LogP contribution in [0.15, 0.2) is 51.2 Å². The number of benzene rings is 1. The highest BCUT2D eigenvalue weighted by Crippen LogP contribution is 2.30. The second kappa shape index (κ2) is 8.15. The van der Waals surface area contributed by atoms with Crippen molar-refractivity contribution in [3.8, 4) is 10.7 Å². The topological polar surface area (TPSA) is 106 Å². The maximum Gasteiger partial charge on any atom is 0.253 e. The van der Waals surface area contributed by atoms with Crippen LogP contribution in [0.5, 0.6) is 0 Å². The van der Waals surface area contributed by atoms with Gasteiger partial charge < -0.3 is 14.2 Å². The first-order chi connectivity index (χ1) is 15.0. The molecule has 0 radical (unpaired) electrons. The monoisotopic (exact) mass is 460 g/mol. The van der Waals surface area contributed by atoms with Gasteiger partial charge in [-0.05, 0) is 35.7 Å². The lowest BCUT2D eigenvalue weighted by Crippen LogP contribution is -2.48. The van der Waals surface area contributed by atoms with E-state index in [-0.39, 0.29) is 16.7 Å². The number of carbonyl (C=O) groups is 1. The summed E-state index contributed by atoms with van der Waals surface area (Å²) in [6.45, 7) is 2.42. The van der Waals surface area contributed by atoms with Crippen molar-refractivity contribution in [1.82, 2.24) is 19.3 Å². The predicted octanol–water partition coefficient (Wildman–Crippen LogP) is 2.06. The summed E-state index contributed by atoms with van der Waals surface area (Å²) >= 11 is 1.54. The third-order valence-corrected chi connectivity index (χ3v) is 8.19. The summed E-state index contributed by atoms with van der Waals surface area (Å²) in [5.74, 6) is 0.946. The number of rotatable bonds is 5. The number of carbonyl (C=O) groups excluding carboxylic acids is 1. The number of ether oxygens (including phenoxy) is 1. The van der Waals surface area contributed by atoms with Crippen LogP contribution >= 0.6 is 11.3 Å². The summed E-state index contributed by atoms with van der Waals surface area (Å²) in [6.07, 6.45) is 0. The fourth-order valence-corrected chi connectivity index (χ4v) is 5.65. The zero-order valence-electron chi connectivity index (χ0n) is 16.5. The first-order valence-electron chi connectivity index (χ1n) is 9.87. The Labute approximate surface area is 183 Å². The van der Waals surface area contributed by atoms with Gasteiger partial charge in [0.15, 0.2) is 0 Å². The molecule has 2 saturated heterocycles. The van der Waals surface area contributed by atoms with Gasteiger partial charge in [0.1, 0.15) is 0 Å². The Balaban J connectivity index is 1.22. The zero-order valence-corrected chi connectivity index (χ0v) is 18.1. The smallest absolute Gasteiger partial charge is 0.253 e. The second-order valence-corrected chi connectivity index (χ2v) is 10.3. The molecule has 2 fully saturated rings. The maximum atomic E-state index is 12.7. The first-order valence-corrected chi connectivity index (χ1v) is 12.2. The Bertz CT molecular complexity index is 1160. The Hall–Kier alpha value is -2.60. The highest BCUT2D eigenvalue weighted by Gasteiger charge is 2.36. The van der Waals surface area contributed by atoms with Gasteiger partial charge in [0.2, 0.25) is 21.7 Å². The van der Waals surface area contributed by atoms with E-state index in [9.17, 15) is 13.2 Å². The van der Waals surface area contributed by atoms with Gasteiger partial charge in [-0.2, -0.15) is 9.29 Å². The van der Waals surface area contributed by atoms with Gasteiger partial charge >= 0.3 is 0 Å². The molecular weight excluding hydrogens is 440 g/mol. The molecule has 0 unspecified atom stereocenters. The third-order valence-electron chi connectivity index (χ3n) is 5.41. The minimum absolute atomic E-state index is 0.00568. The van der Waals surface area contributed by atoms with Crippen LogP contribution in [0.1, 0.15) is 22.2 Å². The molecule has 0 bridgehead atoms. The number of hydrogen-bond donors (Lipinski definition) is 0. The van der Waals surface area contributed by atoms with Gasteiger partial charge in [0.25, 0.3) is 5.91 Å². The molecule has 9 nitrogen and oxygen atoms in total. The minimum atomic E-state index is -3.58. The standard InChI is InChI=1S/C20H20N4O5S2/c25-20(14-3-5-16(6-4-14)31(26,27)24-7-9-28-10-8-24)23-12-15(13-23)19-21-18(22-29-19)17-2-1-11-30-17/h1-6,11,15H,7-10,12-13H2. The molecule has 2 aliphatic heterocycles. The summed E-state index contributed by atoms with van der Waals surface area (Å²) in [6, 6.07) is 9.95. The molecule has 11 heteroatoms. The van der Waals surface area contributed by atoms with Gasteiger partial charge in [-0.3, -0.25) is 4.79 Å². The van der Waals surface area contributed by atoms with Gasteiger partial charge in [-0.25, -0.2) is 8.42 Å². The molecule has 4 heterocycles. The van der Waals surface area contributed by atoms with Gasteiger partial charge in [0.05, 0.1) is 28.9 Å². The zero-order chi connectivity index (χ0) is 21.4. The summed E-state index contributed by atoms with van der Waals surface area (Å²) in [5.41, 5.74) is 0.448. The van der Waals surface area contributed by atoms with E-state index in [0.717, 1.165) is 4.88 Å². The molecular formula is C20H20N4O5S2. The Morgan fingerprint density at radius 3 is 2.52 bits per heavy atom. The van der Waals surface area contributed by atoms with Crippen LogP contribution in [0.2, 0.25) is 0 Å². The van der Waals surface area contributed by atoms with Crippen molar-refractivity contribution in [2.75, 3.05) is 39.4 Å². The van der Waals surface area contributed by atoms with Crippen LogP contribution in [0, 0.1) is 0 Å². The molecule has 0 atom stereocenters. The SMILES string of the molecule is O=C(c1ccc(S(=O)(=O)N2CCOCC2)cc1)N1CC(c2nc(-c3cccs3)no2)C1. The summed E-state index contributed by atoms with van der Waals surface area (Å²) in [7, 11) is -3.58. The lowest BCUT2D eigenvalue weighted by Gasteiger charge is -2.37. The van der Waals surface area contributed by atoms with Gasteiger partial charge in [0, 0.05) is 31.7 Å². The van der Waals surface area contributed by atoms with Crippen molar-refractivity contribution in [2.45, 2.75) is 10.8 Å². The van der Waals surface area contributed by atoms with Crippen LogP contribution in [-0.2, 0) is 14.8 Å². The Morgan fingerprint density at radius 2 is 1.84 bits per heavy atom. The third kappa shape index (κ3) is 3.89. The quantitative estimate of drug-likeness (QED) is 0.574. The van der Waals surface area contributed by atoms with Crippen molar-refractivity contribution in [3.63, 3.8) is 0 Å². The average molecular weight is 461 g/mol. The Kier molecular flexibility index (Phi) is 5.34. The molecule has 1 amide bonds. The van der Waals surface area contributed by atoms with Gasteiger partial charge in [-0.15, -0.1) is 11.3 Å². The van der Waals surface area contributed by atoms with E-state index in [1.54, 1.807) is 17.0 Å². The van der Waals surface area contributed by atoms with E-state index in [4.69, 9.17) is 9.26 Å². The number of morpholine rings is 1. The molecule has 0 aliphatic carbocycles. The lowest BCUT2D eigenvalue weighted by molar-refractivity contribution is 0.0569. The summed E-state index contributed by atoms with van der Waals surface area (Å²) in [5, 5.41) is 5.96. The normalized spacial score (nSPS) is 18.1. The number of aromatic nitrogens is 2. The Morgan fingerprint density at radius 1 is 1.10 bits per heavy atom. The van der Waals surface area contributed by atoms with E-state index < -0.39 is 10.0 Å². The molecule has 0 N–H and O–H groups in total. The average Bonchev–Trinajstić information content (AvgIpc) is 3.45. The molecule has 1 aromatic carbocycles. The summed E-state index contributed by atoms with van der Waals surface area (Å²) < 4.78 is 37.4. The molecule has 31 heavy (non-hydrogen) atoms. The van der Waals surface area contributed by atoms with E-state index in [1.165, 1.54) is 27.8 Å². The molecule has 2 aliphatic rings. The molecule has 3 aromatic rings. The number of nitrogens with zero attached hydrogens (tertiary/aromatic N) is 4. The summed E-state index contributed by atoms with van der Waals surface area (Å²) in [4.78, 5) is 20.0. The molecule has 162 valence electrons. The van der Waals surface area contributed by atoms with E-state index in [0.29, 0.717) is 56.7 Å². The van der Waals surface area contributed by atoms with Crippen LogP contribution in [0.25, 0.3) is 10.7 Å². The predicted molar refractivity (Wildman–Crippen MR) is 112 cm³/mol. The van der Waals surface area contributed by atoms with Crippen molar-refractivity contribution in [1.29, 1.82) is 0 Å². The van der Waals surface area contributed by atoms with Gasteiger partial charge in [-0.1, -0.05) is 11.2 Å². The van der Waals surface area contributed by atoms with Crippen LogP contribution in [0.3, 0.4) is 0 Å². The number of hydrogen-bond acceptors (Lipinski definition) is 8. The molecule has 2 aromatic heterocycles. The fourth-order valence-electron chi connectivity index (χ4n) is 3.60. The second-order valence-electron chi connectivity index (χ2n) is 7.38. The lowest BCUT2D eigenvalue weighted by atomic mass is 9.99. The van der Waals surface area contributed by atoms with Crippen molar-refractivity contribution in [2.24, 2.45) is 0 Å². The van der Waals surface area contributed by atoms with Crippen molar-refractivity contribution in [3.05, 3.63) is 53.2 Å². The van der Waals surface area contributed by atoms with E-state index in [1.807, 2.05) is 17.5 Å². The van der Waals surface area contributed by atoms with E-state index >= 15 is 0 Å². The van der Waals surface area contributed by atoms with Crippen molar-refractivity contribution >= 4 is 27.3 Å². The van der Waals surface area contributed by atoms with Crippen LogP contribution in [-0.4, -0.2) is 73.1 Å². The molecule has 0 spiro atoms. The first kappa shape index (κ1) is 20.3. The van der Waals surface area contributed by atoms with Crippen LogP contribution < -0.4 is 0 Å². The van der Waals surface area contributed by atoms with E-state index in [2.05, 4.69) is 10.1 Å². The largest absolute Gasteiger partial charge is 0.379 e. The highest BCUT2D eigenvalue weighted by atomic mass is 32.2. The number of likely N-dealkylation sites (tertiary alicyclic amines) is 1.